The fourth-order valence-corrected chi connectivity index (χ4v) is 5.14. The maximum atomic E-state index is 13.3. The van der Waals surface area contributed by atoms with Crippen LogP contribution in [-0.2, 0) is 9.59 Å². The lowest BCUT2D eigenvalue weighted by Crippen LogP contribution is -2.29. The average molecular weight is 456 g/mol. The fraction of sp³-hybridized carbons (Fsp3) is 0.0800. The normalized spacial score (nSPS) is 18.9. The van der Waals surface area contributed by atoms with Crippen LogP contribution in [0.1, 0.15) is 17.2 Å². The van der Waals surface area contributed by atoms with Crippen LogP contribution in [0.15, 0.2) is 78.4 Å². The van der Waals surface area contributed by atoms with Crippen LogP contribution < -0.4 is 14.4 Å². The van der Waals surface area contributed by atoms with E-state index in [9.17, 15) is 14.7 Å². The van der Waals surface area contributed by atoms with E-state index < -0.39 is 17.7 Å². The summed E-state index contributed by atoms with van der Waals surface area (Å²) in [6.45, 7) is 0.0981. The Balaban J connectivity index is 1.58. The SMILES string of the molecule is O=C1C(=O)N(c2nc3ccccc3s2)[C@H](c2ccc3c(c2)OCO3)C1=C(O)c1ccccc1. The van der Waals surface area contributed by atoms with Gasteiger partial charge in [0.2, 0.25) is 6.79 Å². The number of nitrogens with zero attached hydrogens (tertiary/aromatic N) is 2. The van der Waals surface area contributed by atoms with E-state index in [1.807, 2.05) is 30.3 Å². The van der Waals surface area contributed by atoms with Gasteiger partial charge in [-0.3, -0.25) is 14.5 Å². The van der Waals surface area contributed by atoms with Gasteiger partial charge in [0, 0.05) is 5.56 Å². The van der Waals surface area contributed by atoms with Crippen molar-refractivity contribution in [3.8, 4) is 11.5 Å². The zero-order valence-corrected chi connectivity index (χ0v) is 17.9. The quantitative estimate of drug-likeness (QED) is 0.274. The molecular weight excluding hydrogens is 440 g/mol. The third kappa shape index (κ3) is 3.07. The summed E-state index contributed by atoms with van der Waals surface area (Å²) in [6, 6.07) is 20.6. The Bertz CT molecular complexity index is 1430. The lowest BCUT2D eigenvalue weighted by molar-refractivity contribution is -0.132. The number of hydrogen-bond acceptors (Lipinski definition) is 7. The van der Waals surface area contributed by atoms with Gasteiger partial charge in [0.15, 0.2) is 16.6 Å². The number of carbonyl (C=O) groups is 2. The molecule has 162 valence electrons. The van der Waals surface area contributed by atoms with Gasteiger partial charge in [-0.05, 0) is 29.8 Å². The number of amides is 1. The maximum Gasteiger partial charge on any atom is 0.301 e. The second kappa shape index (κ2) is 7.46. The first-order valence-electron chi connectivity index (χ1n) is 10.2. The monoisotopic (exact) mass is 456 g/mol. The number of rotatable bonds is 3. The number of ketones is 1. The second-order valence-corrected chi connectivity index (χ2v) is 8.62. The van der Waals surface area contributed by atoms with E-state index in [0.29, 0.717) is 27.8 Å². The number of carbonyl (C=O) groups excluding carboxylic acids is 2. The van der Waals surface area contributed by atoms with Crippen molar-refractivity contribution in [1.82, 2.24) is 4.98 Å². The molecule has 3 heterocycles. The highest BCUT2D eigenvalue weighted by atomic mass is 32.1. The number of para-hydroxylation sites is 1. The molecule has 2 aliphatic rings. The Kier molecular flexibility index (Phi) is 4.41. The lowest BCUT2D eigenvalue weighted by Gasteiger charge is -2.23. The largest absolute Gasteiger partial charge is 0.507 e. The molecule has 33 heavy (non-hydrogen) atoms. The highest BCUT2D eigenvalue weighted by Crippen LogP contribution is 2.46. The first kappa shape index (κ1) is 19.5. The summed E-state index contributed by atoms with van der Waals surface area (Å²) < 4.78 is 11.8. The molecule has 3 aromatic carbocycles. The number of fused-ring (bicyclic) bond motifs is 2. The van der Waals surface area contributed by atoms with Crippen LogP contribution in [0, 0.1) is 0 Å². The van der Waals surface area contributed by atoms with Gasteiger partial charge in [-0.25, -0.2) is 4.98 Å². The van der Waals surface area contributed by atoms with Crippen molar-refractivity contribution in [1.29, 1.82) is 0 Å². The Labute approximate surface area is 192 Å². The minimum atomic E-state index is -0.875. The summed E-state index contributed by atoms with van der Waals surface area (Å²) in [5, 5.41) is 11.5. The molecule has 0 spiro atoms. The summed E-state index contributed by atoms with van der Waals surface area (Å²) in [5.41, 5.74) is 1.79. The summed E-state index contributed by atoms with van der Waals surface area (Å²) in [4.78, 5) is 32.5. The van der Waals surface area contributed by atoms with Crippen LogP contribution in [-0.4, -0.2) is 28.6 Å². The summed E-state index contributed by atoms with van der Waals surface area (Å²) in [6.07, 6.45) is 0. The fourth-order valence-electron chi connectivity index (χ4n) is 4.14. The minimum Gasteiger partial charge on any atom is -0.507 e. The number of Topliss-reactive ketones (excluding diaryl/α,β-unsaturated/α-hetero) is 1. The van der Waals surface area contributed by atoms with E-state index in [2.05, 4.69) is 4.98 Å². The Morgan fingerprint density at radius 3 is 2.55 bits per heavy atom. The number of thiazole rings is 1. The van der Waals surface area contributed by atoms with Crippen molar-refractivity contribution in [3.63, 3.8) is 0 Å². The van der Waals surface area contributed by atoms with Crippen LogP contribution in [0.2, 0.25) is 0 Å². The molecule has 0 radical (unpaired) electrons. The van der Waals surface area contributed by atoms with Crippen LogP contribution in [0.3, 0.4) is 0 Å². The molecule has 0 saturated carbocycles. The van der Waals surface area contributed by atoms with Gasteiger partial charge in [0.25, 0.3) is 5.78 Å². The molecular formula is C25H16N2O5S. The van der Waals surface area contributed by atoms with Gasteiger partial charge in [0.1, 0.15) is 5.76 Å². The molecule has 6 rings (SSSR count). The molecule has 1 fully saturated rings. The number of aliphatic hydroxyl groups is 1. The number of benzene rings is 3. The third-order valence-electron chi connectivity index (χ3n) is 5.69. The molecule has 1 atom stereocenters. The molecule has 7 nitrogen and oxygen atoms in total. The van der Waals surface area contributed by atoms with Gasteiger partial charge in [0.05, 0.1) is 21.8 Å². The van der Waals surface area contributed by atoms with E-state index >= 15 is 0 Å². The van der Waals surface area contributed by atoms with Gasteiger partial charge < -0.3 is 14.6 Å². The number of hydrogen-bond donors (Lipinski definition) is 1. The molecule has 4 aromatic rings. The van der Waals surface area contributed by atoms with Gasteiger partial charge in [-0.1, -0.05) is 59.9 Å². The maximum absolute atomic E-state index is 13.3. The van der Waals surface area contributed by atoms with Crippen molar-refractivity contribution in [2.45, 2.75) is 6.04 Å². The summed E-state index contributed by atoms with van der Waals surface area (Å²) >= 11 is 1.32. The number of anilines is 1. The van der Waals surface area contributed by atoms with Crippen LogP contribution >= 0.6 is 11.3 Å². The molecule has 1 aromatic heterocycles. The molecule has 2 aliphatic heterocycles. The Morgan fingerprint density at radius 2 is 1.73 bits per heavy atom. The first-order valence-corrected chi connectivity index (χ1v) is 11.0. The molecule has 8 heteroatoms. The van der Waals surface area contributed by atoms with E-state index in [-0.39, 0.29) is 18.1 Å². The molecule has 1 saturated heterocycles. The third-order valence-corrected chi connectivity index (χ3v) is 6.73. The standard InChI is InChI=1S/C25H16N2O5S/c28-22(14-6-2-1-3-7-14)20-21(15-10-11-17-18(12-15)32-13-31-17)27(24(30)23(20)29)25-26-16-8-4-5-9-19(16)33-25/h1-12,21,28H,13H2/t21-/m1/s1. The van der Waals surface area contributed by atoms with E-state index in [1.54, 1.807) is 42.5 Å². The van der Waals surface area contributed by atoms with Crippen LogP contribution in [0.4, 0.5) is 5.13 Å². The van der Waals surface area contributed by atoms with Gasteiger partial charge in [-0.2, -0.15) is 0 Å². The second-order valence-electron chi connectivity index (χ2n) is 7.61. The first-order chi connectivity index (χ1) is 16.1. The Hall–Kier alpha value is -4.17. The zero-order chi connectivity index (χ0) is 22.5. The van der Waals surface area contributed by atoms with Crippen molar-refractivity contribution < 1.29 is 24.2 Å². The highest BCUT2D eigenvalue weighted by molar-refractivity contribution is 7.22. The van der Waals surface area contributed by atoms with E-state index in [4.69, 9.17) is 9.47 Å². The van der Waals surface area contributed by atoms with E-state index in [1.165, 1.54) is 16.2 Å². The van der Waals surface area contributed by atoms with Gasteiger partial charge >= 0.3 is 5.91 Å². The van der Waals surface area contributed by atoms with Crippen molar-refractivity contribution in [2.75, 3.05) is 11.7 Å². The molecule has 1 amide bonds. The zero-order valence-electron chi connectivity index (χ0n) is 17.1. The van der Waals surface area contributed by atoms with E-state index in [0.717, 1.165) is 10.2 Å². The molecule has 0 bridgehead atoms. The van der Waals surface area contributed by atoms with Crippen LogP contribution in [0.25, 0.3) is 16.0 Å². The van der Waals surface area contributed by atoms with Crippen molar-refractivity contribution >= 4 is 44.1 Å². The number of aromatic nitrogens is 1. The predicted octanol–water partition coefficient (Wildman–Crippen LogP) is 4.65. The average Bonchev–Trinajstić information content (AvgIpc) is 3.55. The Morgan fingerprint density at radius 1 is 0.970 bits per heavy atom. The molecule has 0 unspecified atom stereocenters. The van der Waals surface area contributed by atoms with Gasteiger partial charge in [-0.15, -0.1) is 0 Å². The summed E-state index contributed by atoms with van der Waals surface area (Å²) in [7, 11) is 0. The summed E-state index contributed by atoms with van der Waals surface area (Å²) in [5.74, 6) is -0.645. The van der Waals surface area contributed by atoms with Crippen molar-refractivity contribution in [2.24, 2.45) is 0 Å². The number of aliphatic hydroxyl groups excluding tert-OH is 1. The molecule has 0 aliphatic carbocycles. The van der Waals surface area contributed by atoms with Crippen molar-refractivity contribution in [3.05, 3.63) is 89.5 Å². The minimum absolute atomic E-state index is 0.00400. The number of ether oxygens (including phenoxy) is 2. The molecule has 1 N–H and O–H groups in total. The highest BCUT2D eigenvalue weighted by Gasteiger charge is 2.48. The predicted molar refractivity (Wildman–Crippen MR) is 123 cm³/mol. The smallest absolute Gasteiger partial charge is 0.301 e. The topological polar surface area (TPSA) is 89.0 Å². The van der Waals surface area contributed by atoms with Crippen LogP contribution in [0.5, 0.6) is 11.5 Å². The lowest BCUT2D eigenvalue weighted by atomic mass is 9.95.